The molecule has 2 aromatic rings. The van der Waals surface area contributed by atoms with Gasteiger partial charge >= 0.3 is 0 Å². The van der Waals surface area contributed by atoms with E-state index in [0.29, 0.717) is 0 Å². The van der Waals surface area contributed by atoms with Crippen LogP contribution in [0.15, 0.2) is 17.1 Å². The summed E-state index contributed by atoms with van der Waals surface area (Å²) in [7, 11) is 0. The van der Waals surface area contributed by atoms with Gasteiger partial charge in [-0.3, -0.25) is 0 Å². The van der Waals surface area contributed by atoms with Gasteiger partial charge in [0.25, 0.3) is 0 Å². The molecule has 6 nitrogen and oxygen atoms in total. The second-order valence-electron chi connectivity index (χ2n) is 6.94. The van der Waals surface area contributed by atoms with Crippen LogP contribution in [0.3, 0.4) is 0 Å². The predicted octanol–water partition coefficient (Wildman–Crippen LogP) is 3.93. The number of fused-ring (bicyclic) bond motifs is 1. The molecule has 0 bridgehead atoms. The number of aromatic nitrogens is 3. The van der Waals surface area contributed by atoms with Gasteiger partial charge in [0.15, 0.2) is 5.96 Å². The predicted molar refractivity (Wildman–Crippen MR) is 128 cm³/mol. The minimum absolute atomic E-state index is 0. The summed E-state index contributed by atoms with van der Waals surface area (Å²) in [5, 5.41) is 15.6. The standard InChI is InChI=1S/C20H32N6S.HI/c1-3-16-11-12-17(27-16)15-23-20(21-4-2)22-13-8-10-19-25-24-18-9-6-5-7-14-26(18)19;/h11-12H,3-10,13-15H2,1-2H3,(H2,21,22,23);1H. The summed E-state index contributed by atoms with van der Waals surface area (Å²) >= 11 is 1.85. The van der Waals surface area contributed by atoms with Gasteiger partial charge in [-0.25, -0.2) is 4.99 Å². The molecule has 1 aliphatic rings. The van der Waals surface area contributed by atoms with Crippen LogP contribution >= 0.6 is 35.3 Å². The summed E-state index contributed by atoms with van der Waals surface area (Å²) in [6.07, 6.45) is 7.95. The molecule has 0 fully saturated rings. The van der Waals surface area contributed by atoms with E-state index in [-0.39, 0.29) is 24.0 Å². The number of thiophene rings is 1. The van der Waals surface area contributed by atoms with Crippen molar-refractivity contribution in [3.63, 3.8) is 0 Å². The molecule has 28 heavy (non-hydrogen) atoms. The number of halogens is 1. The lowest BCUT2D eigenvalue weighted by Gasteiger charge is -2.11. The quantitative estimate of drug-likeness (QED) is 0.242. The molecular weight excluding hydrogens is 483 g/mol. The van der Waals surface area contributed by atoms with Crippen molar-refractivity contribution in [2.75, 3.05) is 13.1 Å². The number of guanidine groups is 1. The molecule has 3 rings (SSSR count). The summed E-state index contributed by atoms with van der Waals surface area (Å²) in [5.41, 5.74) is 0. The molecule has 3 heterocycles. The zero-order valence-corrected chi connectivity index (χ0v) is 20.2. The molecule has 2 N–H and O–H groups in total. The Morgan fingerprint density at radius 2 is 2.00 bits per heavy atom. The molecule has 0 spiro atoms. The fourth-order valence-corrected chi connectivity index (χ4v) is 4.26. The Hall–Kier alpha value is -1.16. The molecular formula is C20H33IN6S. The highest BCUT2D eigenvalue weighted by atomic mass is 127. The SMILES string of the molecule is CCNC(=NCc1ccc(CC)s1)NCCCc1nnc2n1CCCCC2.I. The van der Waals surface area contributed by atoms with Crippen molar-refractivity contribution in [3.8, 4) is 0 Å². The average molecular weight is 516 g/mol. The van der Waals surface area contributed by atoms with Gasteiger partial charge in [-0.2, -0.15) is 0 Å². The summed E-state index contributed by atoms with van der Waals surface area (Å²) < 4.78 is 2.34. The number of aryl methyl sites for hydroxylation is 3. The van der Waals surface area contributed by atoms with Gasteiger partial charge in [0.1, 0.15) is 11.6 Å². The van der Waals surface area contributed by atoms with Crippen LogP contribution in [0.2, 0.25) is 0 Å². The van der Waals surface area contributed by atoms with Crippen molar-refractivity contribution in [1.29, 1.82) is 0 Å². The second kappa shape index (κ2) is 12.4. The van der Waals surface area contributed by atoms with Gasteiger partial charge in [0, 0.05) is 42.2 Å². The number of hydrogen-bond donors (Lipinski definition) is 2. The van der Waals surface area contributed by atoms with E-state index in [1.54, 1.807) is 0 Å². The van der Waals surface area contributed by atoms with E-state index in [0.717, 1.165) is 63.6 Å². The topological polar surface area (TPSA) is 67.1 Å². The van der Waals surface area contributed by atoms with Crippen LogP contribution in [0.5, 0.6) is 0 Å². The van der Waals surface area contributed by atoms with E-state index in [9.17, 15) is 0 Å². The fraction of sp³-hybridized carbons (Fsp3) is 0.650. The summed E-state index contributed by atoms with van der Waals surface area (Å²) in [6, 6.07) is 4.39. The molecule has 0 aliphatic carbocycles. The Labute approximate surface area is 189 Å². The number of hydrogen-bond acceptors (Lipinski definition) is 4. The molecule has 2 aromatic heterocycles. The molecule has 0 aromatic carbocycles. The minimum atomic E-state index is 0. The van der Waals surface area contributed by atoms with Crippen molar-refractivity contribution >= 4 is 41.3 Å². The van der Waals surface area contributed by atoms with Crippen LogP contribution in [0.1, 0.15) is 60.9 Å². The van der Waals surface area contributed by atoms with Crippen LogP contribution in [-0.2, 0) is 32.4 Å². The van der Waals surface area contributed by atoms with E-state index in [2.05, 4.69) is 51.4 Å². The van der Waals surface area contributed by atoms with Crippen molar-refractivity contribution in [2.45, 2.75) is 71.9 Å². The van der Waals surface area contributed by atoms with Gasteiger partial charge < -0.3 is 15.2 Å². The van der Waals surface area contributed by atoms with Gasteiger partial charge in [0.05, 0.1) is 6.54 Å². The first-order valence-corrected chi connectivity index (χ1v) is 11.1. The maximum atomic E-state index is 4.72. The van der Waals surface area contributed by atoms with Crippen LogP contribution in [0, 0.1) is 0 Å². The molecule has 0 amide bonds. The first-order valence-electron chi connectivity index (χ1n) is 10.3. The number of rotatable bonds is 8. The van der Waals surface area contributed by atoms with Gasteiger partial charge in [-0.15, -0.1) is 45.5 Å². The average Bonchev–Trinajstić information content (AvgIpc) is 3.23. The smallest absolute Gasteiger partial charge is 0.191 e. The Balaban J connectivity index is 0.00000280. The van der Waals surface area contributed by atoms with E-state index >= 15 is 0 Å². The summed E-state index contributed by atoms with van der Waals surface area (Å²) in [6.45, 7) is 7.86. The molecule has 156 valence electrons. The van der Waals surface area contributed by atoms with Crippen LogP contribution < -0.4 is 10.6 Å². The van der Waals surface area contributed by atoms with Crippen molar-refractivity contribution in [1.82, 2.24) is 25.4 Å². The fourth-order valence-electron chi connectivity index (χ4n) is 3.38. The third-order valence-electron chi connectivity index (χ3n) is 4.86. The molecule has 8 heteroatoms. The van der Waals surface area contributed by atoms with Crippen molar-refractivity contribution < 1.29 is 0 Å². The molecule has 0 radical (unpaired) electrons. The monoisotopic (exact) mass is 516 g/mol. The highest BCUT2D eigenvalue weighted by Gasteiger charge is 2.14. The largest absolute Gasteiger partial charge is 0.357 e. The van der Waals surface area contributed by atoms with E-state index < -0.39 is 0 Å². The number of aliphatic imine (C=N–C) groups is 1. The molecule has 0 unspecified atom stereocenters. The van der Waals surface area contributed by atoms with Crippen LogP contribution in [0.25, 0.3) is 0 Å². The highest BCUT2D eigenvalue weighted by Crippen LogP contribution is 2.17. The zero-order valence-electron chi connectivity index (χ0n) is 17.0. The first-order chi connectivity index (χ1) is 13.3. The van der Waals surface area contributed by atoms with E-state index in [4.69, 9.17) is 4.99 Å². The first kappa shape index (κ1) is 23.1. The third kappa shape index (κ3) is 6.72. The second-order valence-corrected chi connectivity index (χ2v) is 8.19. The molecule has 1 aliphatic heterocycles. The third-order valence-corrected chi connectivity index (χ3v) is 6.07. The Morgan fingerprint density at radius 1 is 1.14 bits per heavy atom. The van der Waals surface area contributed by atoms with Crippen molar-refractivity contribution in [2.24, 2.45) is 4.99 Å². The Bertz CT molecular complexity index is 739. The number of nitrogens with one attached hydrogen (secondary N) is 2. The Morgan fingerprint density at radius 3 is 2.79 bits per heavy atom. The van der Waals surface area contributed by atoms with Gasteiger partial charge in [0.2, 0.25) is 0 Å². The lowest BCUT2D eigenvalue weighted by molar-refractivity contribution is 0.594. The van der Waals surface area contributed by atoms with Crippen molar-refractivity contribution in [3.05, 3.63) is 33.5 Å². The van der Waals surface area contributed by atoms with E-state index in [1.165, 1.54) is 34.8 Å². The maximum absolute atomic E-state index is 4.72. The Kier molecular flexibility index (Phi) is 10.3. The number of nitrogens with zero attached hydrogens (tertiary/aromatic N) is 4. The van der Waals surface area contributed by atoms with Gasteiger partial charge in [-0.1, -0.05) is 13.3 Å². The summed E-state index contributed by atoms with van der Waals surface area (Å²) in [5.74, 6) is 3.21. The molecule has 0 atom stereocenters. The minimum Gasteiger partial charge on any atom is -0.357 e. The molecule has 0 saturated carbocycles. The normalized spacial score (nSPS) is 14.1. The van der Waals surface area contributed by atoms with Crippen LogP contribution in [-0.4, -0.2) is 33.8 Å². The zero-order chi connectivity index (χ0) is 18.9. The summed E-state index contributed by atoms with van der Waals surface area (Å²) in [4.78, 5) is 7.46. The van der Waals surface area contributed by atoms with Gasteiger partial charge in [-0.05, 0) is 44.7 Å². The highest BCUT2D eigenvalue weighted by molar-refractivity contribution is 14.0. The molecule has 0 saturated heterocycles. The lowest BCUT2D eigenvalue weighted by Crippen LogP contribution is -2.37. The maximum Gasteiger partial charge on any atom is 0.191 e. The van der Waals surface area contributed by atoms with E-state index in [1.807, 2.05) is 11.3 Å². The van der Waals surface area contributed by atoms with Crippen LogP contribution in [0.4, 0.5) is 0 Å². The lowest BCUT2D eigenvalue weighted by atomic mass is 10.2.